The molecule has 1 amide bonds. The zero-order valence-electron chi connectivity index (χ0n) is 13.8. The second-order valence-corrected chi connectivity index (χ2v) is 6.57. The molecule has 3 heterocycles. The molecule has 0 bridgehead atoms. The summed E-state index contributed by atoms with van der Waals surface area (Å²) in [6.07, 6.45) is -2.32. The molecule has 4 rings (SSSR count). The molecular formula is C18H17F3N4O. The predicted molar refractivity (Wildman–Crippen MR) is 92.1 cm³/mol. The number of carbonyl (C=O) groups is 1. The molecule has 2 aliphatic heterocycles. The molecule has 0 saturated carbocycles. The topological polar surface area (TPSA) is 57.3 Å². The fourth-order valence-electron chi connectivity index (χ4n) is 3.58. The van der Waals surface area contributed by atoms with Crippen molar-refractivity contribution in [2.24, 2.45) is 0 Å². The average molecular weight is 362 g/mol. The van der Waals surface area contributed by atoms with Crippen LogP contribution in [0, 0.1) is 0 Å². The van der Waals surface area contributed by atoms with E-state index in [1.54, 1.807) is 4.90 Å². The monoisotopic (exact) mass is 362 g/mol. The lowest BCUT2D eigenvalue weighted by Crippen LogP contribution is -2.58. The zero-order valence-corrected chi connectivity index (χ0v) is 13.8. The van der Waals surface area contributed by atoms with Gasteiger partial charge in [-0.1, -0.05) is 12.1 Å². The first kappa shape index (κ1) is 16.7. The molecule has 1 spiro atoms. The fraction of sp³-hybridized carbons (Fsp3) is 0.333. The number of nitrogens with zero attached hydrogens (tertiary/aromatic N) is 2. The number of pyridine rings is 1. The Bertz CT molecular complexity index is 844. The lowest BCUT2D eigenvalue weighted by atomic mass is 9.84. The summed E-state index contributed by atoms with van der Waals surface area (Å²) in [5.41, 5.74) is -0.00996. The normalized spacial score (nSPS) is 18.9. The number of hydrogen-bond acceptors (Lipinski definition) is 4. The number of rotatable bonds is 1. The van der Waals surface area contributed by atoms with Gasteiger partial charge in [0.05, 0.1) is 16.9 Å². The zero-order chi connectivity index (χ0) is 18.4. The third-order valence-corrected chi connectivity index (χ3v) is 4.99. The van der Waals surface area contributed by atoms with Crippen molar-refractivity contribution in [1.29, 1.82) is 0 Å². The number of nitrogens with one attached hydrogen (secondary N) is 2. The number of carbonyl (C=O) groups excluding carboxylic acids is 1. The lowest BCUT2D eigenvalue weighted by molar-refractivity contribution is -0.137. The number of alkyl halides is 3. The maximum absolute atomic E-state index is 13.2. The molecule has 2 N–H and O–H groups in total. The molecule has 8 heteroatoms. The number of para-hydroxylation sites is 2. The summed E-state index contributed by atoms with van der Waals surface area (Å²) in [5, 5.41) is 6.19. The molecule has 1 saturated heterocycles. The Labute approximate surface area is 148 Å². The van der Waals surface area contributed by atoms with Crippen LogP contribution in [-0.4, -0.2) is 29.5 Å². The van der Waals surface area contributed by atoms with Gasteiger partial charge in [-0.3, -0.25) is 4.79 Å². The lowest BCUT2D eigenvalue weighted by Gasteiger charge is -2.44. The van der Waals surface area contributed by atoms with Gasteiger partial charge >= 0.3 is 6.18 Å². The molecule has 1 fully saturated rings. The number of anilines is 3. The van der Waals surface area contributed by atoms with Gasteiger partial charge in [-0.15, -0.1) is 0 Å². The number of benzene rings is 1. The van der Waals surface area contributed by atoms with E-state index in [-0.39, 0.29) is 11.7 Å². The van der Waals surface area contributed by atoms with Crippen LogP contribution in [0.4, 0.5) is 30.4 Å². The number of aromatic nitrogens is 1. The van der Waals surface area contributed by atoms with Crippen molar-refractivity contribution in [3.05, 3.63) is 48.2 Å². The van der Waals surface area contributed by atoms with E-state index in [2.05, 4.69) is 15.6 Å². The second-order valence-electron chi connectivity index (χ2n) is 6.57. The summed E-state index contributed by atoms with van der Waals surface area (Å²) in [6, 6.07) is 9.71. The van der Waals surface area contributed by atoms with E-state index >= 15 is 0 Å². The Balaban J connectivity index is 1.56. The van der Waals surface area contributed by atoms with E-state index in [1.165, 1.54) is 12.3 Å². The van der Waals surface area contributed by atoms with E-state index < -0.39 is 17.3 Å². The summed E-state index contributed by atoms with van der Waals surface area (Å²) in [7, 11) is 0. The van der Waals surface area contributed by atoms with Gasteiger partial charge in [0.2, 0.25) is 5.91 Å². The first-order valence-corrected chi connectivity index (χ1v) is 8.35. The minimum Gasteiger partial charge on any atom is -0.369 e. The van der Waals surface area contributed by atoms with Crippen LogP contribution < -0.4 is 15.5 Å². The standard InChI is InChI=1S/C18H17F3N4O/c19-18(20,21)12-4-3-9-22-15(12)25-10-7-17(8-11-25)16(26)23-13-5-1-2-6-14(13)24-17/h1-6,9,24H,7-8,10-11H2,(H,23,26). The first-order chi connectivity index (χ1) is 12.4. The number of halogens is 3. The largest absolute Gasteiger partial charge is 0.419 e. The molecule has 0 aliphatic carbocycles. The maximum atomic E-state index is 13.2. The SMILES string of the molecule is O=C1Nc2ccccc2NC12CCN(c1ncccc1C(F)(F)F)CC2. The van der Waals surface area contributed by atoms with Crippen LogP contribution >= 0.6 is 0 Å². The Hall–Kier alpha value is -2.77. The van der Waals surface area contributed by atoms with E-state index in [1.807, 2.05) is 24.3 Å². The highest BCUT2D eigenvalue weighted by Crippen LogP contribution is 2.39. The van der Waals surface area contributed by atoms with Crippen LogP contribution in [0.15, 0.2) is 42.6 Å². The van der Waals surface area contributed by atoms with Crippen molar-refractivity contribution in [2.75, 3.05) is 28.6 Å². The molecule has 2 aromatic rings. The number of hydrogen-bond donors (Lipinski definition) is 2. The number of amides is 1. The van der Waals surface area contributed by atoms with Crippen molar-refractivity contribution >= 4 is 23.1 Å². The minimum atomic E-state index is -4.46. The van der Waals surface area contributed by atoms with Crippen molar-refractivity contribution in [1.82, 2.24) is 4.98 Å². The molecule has 1 aromatic carbocycles. The number of piperidine rings is 1. The molecule has 5 nitrogen and oxygen atoms in total. The van der Waals surface area contributed by atoms with Gasteiger partial charge in [0.1, 0.15) is 11.4 Å². The van der Waals surface area contributed by atoms with Crippen LogP contribution in [0.3, 0.4) is 0 Å². The molecule has 0 atom stereocenters. The van der Waals surface area contributed by atoms with Crippen LogP contribution in [-0.2, 0) is 11.0 Å². The van der Waals surface area contributed by atoms with Gasteiger partial charge < -0.3 is 15.5 Å². The van der Waals surface area contributed by atoms with Crippen molar-refractivity contribution < 1.29 is 18.0 Å². The summed E-state index contributed by atoms with van der Waals surface area (Å²) in [4.78, 5) is 18.2. The molecule has 1 aromatic heterocycles. The van der Waals surface area contributed by atoms with Gasteiger partial charge in [-0.25, -0.2) is 4.98 Å². The van der Waals surface area contributed by atoms with Gasteiger partial charge in [-0.2, -0.15) is 13.2 Å². The Kier molecular flexibility index (Phi) is 3.78. The van der Waals surface area contributed by atoms with Crippen molar-refractivity contribution in [3.8, 4) is 0 Å². The summed E-state index contributed by atoms with van der Waals surface area (Å²) in [5.74, 6) is -0.223. The smallest absolute Gasteiger partial charge is 0.369 e. The third-order valence-electron chi connectivity index (χ3n) is 4.99. The average Bonchev–Trinajstić information content (AvgIpc) is 2.63. The van der Waals surface area contributed by atoms with Crippen molar-refractivity contribution in [3.63, 3.8) is 0 Å². The highest BCUT2D eigenvalue weighted by atomic mass is 19.4. The van der Waals surface area contributed by atoms with Crippen LogP contribution in [0.5, 0.6) is 0 Å². The highest BCUT2D eigenvalue weighted by Gasteiger charge is 2.45. The summed E-state index contributed by atoms with van der Waals surface area (Å²) < 4.78 is 39.7. The highest BCUT2D eigenvalue weighted by molar-refractivity contribution is 6.06. The molecule has 0 radical (unpaired) electrons. The van der Waals surface area contributed by atoms with Crippen LogP contribution in [0.25, 0.3) is 0 Å². The number of fused-ring (bicyclic) bond motifs is 1. The molecule has 2 aliphatic rings. The van der Waals surface area contributed by atoms with E-state index in [0.29, 0.717) is 25.9 Å². The van der Waals surface area contributed by atoms with Crippen molar-refractivity contribution in [2.45, 2.75) is 24.6 Å². The second kappa shape index (κ2) is 5.89. The van der Waals surface area contributed by atoms with Gasteiger partial charge in [0.25, 0.3) is 0 Å². The molecule has 0 unspecified atom stereocenters. The minimum absolute atomic E-state index is 0.0773. The summed E-state index contributed by atoms with van der Waals surface area (Å²) in [6.45, 7) is 0.616. The fourth-order valence-corrected chi connectivity index (χ4v) is 3.58. The van der Waals surface area contributed by atoms with E-state index in [4.69, 9.17) is 0 Å². The quantitative estimate of drug-likeness (QED) is 0.815. The molecular weight excluding hydrogens is 345 g/mol. The van der Waals surface area contributed by atoms with Crippen LogP contribution in [0.1, 0.15) is 18.4 Å². The van der Waals surface area contributed by atoms with E-state index in [0.717, 1.165) is 17.4 Å². The molecule has 26 heavy (non-hydrogen) atoms. The Morgan fingerprint density at radius 2 is 1.73 bits per heavy atom. The first-order valence-electron chi connectivity index (χ1n) is 8.35. The van der Waals surface area contributed by atoms with Crippen LogP contribution in [0.2, 0.25) is 0 Å². The third kappa shape index (κ3) is 2.75. The van der Waals surface area contributed by atoms with Gasteiger partial charge in [0, 0.05) is 19.3 Å². The van der Waals surface area contributed by atoms with E-state index in [9.17, 15) is 18.0 Å². The maximum Gasteiger partial charge on any atom is 0.419 e. The Morgan fingerprint density at radius 3 is 2.42 bits per heavy atom. The van der Waals surface area contributed by atoms with Gasteiger partial charge in [-0.05, 0) is 37.1 Å². The predicted octanol–water partition coefficient (Wildman–Crippen LogP) is 3.50. The summed E-state index contributed by atoms with van der Waals surface area (Å²) >= 11 is 0. The van der Waals surface area contributed by atoms with Gasteiger partial charge in [0.15, 0.2) is 0 Å². The Morgan fingerprint density at radius 1 is 1.04 bits per heavy atom. The molecule has 136 valence electrons.